The number of hydrogen-bond donors (Lipinski definition) is 0. The molecule has 1 aromatic rings. The lowest BCUT2D eigenvalue weighted by molar-refractivity contribution is -0.145. The average Bonchev–Trinajstić information content (AvgIpc) is 2.95. The highest BCUT2D eigenvalue weighted by molar-refractivity contribution is 6.00. The van der Waals surface area contributed by atoms with E-state index in [1.807, 2.05) is 13.8 Å². The molecule has 0 aliphatic heterocycles. The molecule has 1 heterocycles. The number of nitrogens with zero attached hydrogens (tertiary/aromatic N) is 2. The Morgan fingerprint density at radius 3 is 2.57 bits per heavy atom. The summed E-state index contributed by atoms with van der Waals surface area (Å²) >= 11 is 0. The molecule has 0 N–H and O–H groups in total. The Kier molecular flexibility index (Phi) is 7.31. The van der Waals surface area contributed by atoms with Crippen molar-refractivity contribution in [2.24, 2.45) is 5.92 Å². The first kappa shape index (κ1) is 18.7. The molecule has 128 valence electrons. The van der Waals surface area contributed by atoms with Crippen molar-refractivity contribution in [3.63, 3.8) is 0 Å². The van der Waals surface area contributed by atoms with Gasteiger partial charge in [0, 0.05) is 12.7 Å². The number of amides is 1. The molecule has 0 saturated heterocycles. The summed E-state index contributed by atoms with van der Waals surface area (Å²) in [5.41, 5.74) is 0.230. The SMILES string of the molecule is CCOC(=O)CC(=O)N(CCC(C)C)n1cccc1C(=O)OC. The zero-order chi connectivity index (χ0) is 17.4. The molecule has 1 amide bonds. The van der Waals surface area contributed by atoms with Crippen molar-refractivity contribution in [2.75, 3.05) is 25.3 Å². The Bertz CT molecular complexity index is 550. The van der Waals surface area contributed by atoms with E-state index in [2.05, 4.69) is 0 Å². The van der Waals surface area contributed by atoms with Gasteiger partial charge in [0.05, 0.1) is 13.7 Å². The third kappa shape index (κ3) is 5.43. The van der Waals surface area contributed by atoms with Gasteiger partial charge in [0.2, 0.25) is 0 Å². The molecule has 0 saturated carbocycles. The van der Waals surface area contributed by atoms with Crippen LogP contribution in [0.1, 0.15) is 44.1 Å². The standard InChI is InChI=1S/C16H24N2O5/c1-5-23-15(20)11-14(19)18(10-8-12(2)3)17-9-6-7-13(17)16(21)22-4/h6-7,9,12H,5,8,10-11H2,1-4H3. The largest absolute Gasteiger partial charge is 0.466 e. The van der Waals surface area contributed by atoms with E-state index < -0.39 is 17.8 Å². The summed E-state index contributed by atoms with van der Waals surface area (Å²) in [7, 11) is 1.28. The second kappa shape index (κ2) is 8.97. The number of aromatic nitrogens is 1. The van der Waals surface area contributed by atoms with E-state index in [1.165, 1.54) is 16.8 Å². The Labute approximate surface area is 136 Å². The molecule has 0 unspecified atom stereocenters. The van der Waals surface area contributed by atoms with Gasteiger partial charge in [-0.05, 0) is 31.4 Å². The van der Waals surface area contributed by atoms with Gasteiger partial charge in [0.15, 0.2) is 0 Å². The topological polar surface area (TPSA) is 77.8 Å². The summed E-state index contributed by atoms with van der Waals surface area (Å²) in [6.45, 7) is 6.35. The molecular formula is C16H24N2O5. The first-order valence-corrected chi connectivity index (χ1v) is 7.62. The highest BCUT2D eigenvalue weighted by Gasteiger charge is 2.23. The molecule has 0 aromatic carbocycles. The van der Waals surface area contributed by atoms with E-state index in [-0.39, 0.29) is 18.7 Å². The molecule has 0 aliphatic carbocycles. The van der Waals surface area contributed by atoms with Gasteiger partial charge in [-0.3, -0.25) is 14.3 Å². The summed E-state index contributed by atoms with van der Waals surface area (Å²) in [5, 5.41) is 1.38. The Morgan fingerprint density at radius 2 is 2.00 bits per heavy atom. The van der Waals surface area contributed by atoms with Crippen LogP contribution < -0.4 is 5.01 Å². The third-order valence-corrected chi connectivity index (χ3v) is 3.19. The smallest absolute Gasteiger partial charge is 0.356 e. The van der Waals surface area contributed by atoms with Gasteiger partial charge in [-0.2, -0.15) is 0 Å². The molecule has 1 rings (SSSR count). The van der Waals surface area contributed by atoms with Crippen LogP contribution >= 0.6 is 0 Å². The van der Waals surface area contributed by atoms with Crippen molar-refractivity contribution in [1.82, 2.24) is 4.68 Å². The van der Waals surface area contributed by atoms with E-state index in [1.54, 1.807) is 25.3 Å². The molecule has 23 heavy (non-hydrogen) atoms. The predicted molar refractivity (Wildman–Crippen MR) is 84.6 cm³/mol. The van der Waals surface area contributed by atoms with Gasteiger partial charge in [-0.25, -0.2) is 9.80 Å². The minimum Gasteiger partial charge on any atom is -0.466 e. The van der Waals surface area contributed by atoms with E-state index >= 15 is 0 Å². The number of hydrogen-bond acceptors (Lipinski definition) is 5. The molecule has 0 bridgehead atoms. The molecule has 0 fully saturated rings. The predicted octanol–water partition coefficient (Wildman–Crippen LogP) is 1.74. The Hall–Kier alpha value is -2.31. The van der Waals surface area contributed by atoms with Crippen LogP contribution in [0.2, 0.25) is 0 Å². The van der Waals surface area contributed by atoms with Gasteiger partial charge in [-0.15, -0.1) is 0 Å². The van der Waals surface area contributed by atoms with E-state index in [0.29, 0.717) is 12.5 Å². The summed E-state index contributed by atoms with van der Waals surface area (Å²) in [6.07, 6.45) is 1.95. The average molecular weight is 324 g/mol. The summed E-state index contributed by atoms with van der Waals surface area (Å²) in [4.78, 5) is 35.8. The quantitative estimate of drug-likeness (QED) is 0.537. The number of carbonyl (C=O) groups excluding carboxylic acids is 3. The van der Waals surface area contributed by atoms with E-state index in [0.717, 1.165) is 6.42 Å². The molecule has 0 aliphatic rings. The summed E-state index contributed by atoms with van der Waals surface area (Å²) in [6, 6.07) is 3.21. The number of carbonyl (C=O) groups is 3. The number of methoxy groups -OCH3 is 1. The molecule has 1 aromatic heterocycles. The molecule has 7 heteroatoms. The van der Waals surface area contributed by atoms with Crippen LogP contribution in [0.25, 0.3) is 0 Å². The van der Waals surface area contributed by atoms with Crippen LogP contribution in [0.4, 0.5) is 0 Å². The number of rotatable bonds is 8. The van der Waals surface area contributed by atoms with Crippen LogP contribution in [0.5, 0.6) is 0 Å². The second-order valence-electron chi connectivity index (χ2n) is 5.41. The molecule has 0 radical (unpaired) electrons. The fourth-order valence-corrected chi connectivity index (χ4v) is 2.01. The van der Waals surface area contributed by atoms with Crippen molar-refractivity contribution in [3.05, 3.63) is 24.0 Å². The van der Waals surface area contributed by atoms with Crippen molar-refractivity contribution in [2.45, 2.75) is 33.6 Å². The minimum atomic E-state index is -0.584. The third-order valence-electron chi connectivity index (χ3n) is 3.19. The zero-order valence-corrected chi connectivity index (χ0v) is 14.1. The van der Waals surface area contributed by atoms with Gasteiger partial charge < -0.3 is 9.47 Å². The molecular weight excluding hydrogens is 300 g/mol. The lowest BCUT2D eigenvalue weighted by Crippen LogP contribution is -2.43. The highest BCUT2D eigenvalue weighted by Crippen LogP contribution is 2.10. The van der Waals surface area contributed by atoms with Crippen molar-refractivity contribution < 1.29 is 23.9 Å². The van der Waals surface area contributed by atoms with E-state index in [9.17, 15) is 14.4 Å². The van der Waals surface area contributed by atoms with Gasteiger partial charge in [0.25, 0.3) is 5.91 Å². The van der Waals surface area contributed by atoms with Crippen LogP contribution in [0.3, 0.4) is 0 Å². The first-order chi connectivity index (χ1) is 10.9. The fraction of sp³-hybridized carbons (Fsp3) is 0.562. The second-order valence-corrected chi connectivity index (χ2v) is 5.41. The van der Waals surface area contributed by atoms with Crippen molar-refractivity contribution in [3.8, 4) is 0 Å². The lowest BCUT2D eigenvalue weighted by Gasteiger charge is -2.26. The molecule has 0 spiro atoms. The van der Waals surface area contributed by atoms with Crippen LogP contribution in [-0.4, -0.2) is 42.8 Å². The Balaban J connectivity index is 3.00. The first-order valence-electron chi connectivity index (χ1n) is 7.62. The maximum absolute atomic E-state index is 12.5. The van der Waals surface area contributed by atoms with Crippen LogP contribution in [0, 0.1) is 5.92 Å². The maximum atomic E-state index is 12.5. The van der Waals surface area contributed by atoms with Crippen molar-refractivity contribution in [1.29, 1.82) is 0 Å². The van der Waals surface area contributed by atoms with Gasteiger partial charge >= 0.3 is 11.9 Å². The maximum Gasteiger partial charge on any atom is 0.356 e. The normalized spacial score (nSPS) is 10.5. The highest BCUT2D eigenvalue weighted by atomic mass is 16.5. The number of ether oxygens (including phenoxy) is 2. The summed E-state index contributed by atoms with van der Waals surface area (Å²) in [5.74, 6) is -1.19. The minimum absolute atomic E-state index is 0.217. The summed E-state index contributed by atoms with van der Waals surface area (Å²) < 4.78 is 11.0. The monoisotopic (exact) mass is 324 g/mol. The Morgan fingerprint density at radius 1 is 1.30 bits per heavy atom. The molecule has 0 atom stereocenters. The fourth-order valence-electron chi connectivity index (χ4n) is 2.01. The number of esters is 2. The molecule has 7 nitrogen and oxygen atoms in total. The lowest BCUT2D eigenvalue weighted by atomic mass is 10.1. The van der Waals surface area contributed by atoms with Gasteiger partial charge in [0.1, 0.15) is 12.1 Å². The van der Waals surface area contributed by atoms with Crippen LogP contribution in [-0.2, 0) is 19.1 Å². The van der Waals surface area contributed by atoms with E-state index in [4.69, 9.17) is 9.47 Å². The van der Waals surface area contributed by atoms with Crippen LogP contribution in [0.15, 0.2) is 18.3 Å². The zero-order valence-electron chi connectivity index (χ0n) is 14.1. The van der Waals surface area contributed by atoms with Crippen molar-refractivity contribution >= 4 is 17.8 Å². The van der Waals surface area contributed by atoms with Gasteiger partial charge in [-0.1, -0.05) is 13.8 Å².